The van der Waals surface area contributed by atoms with Crippen LogP contribution in [0, 0.1) is 5.82 Å². The summed E-state index contributed by atoms with van der Waals surface area (Å²) >= 11 is 0. The van der Waals surface area contributed by atoms with Crippen LogP contribution in [0.3, 0.4) is 0 Å². The maximum Gasteiger partial charge on any atom is 0.257 e. The summed E-state index contributed by atoms with van der Waals surface area (Å²) < 4.78 is 18.5. The van der Waals surface area contributed by atoms with Crippen molar-refractivity contribution in [3.05, 3.63) is 82.0 Å². The maximum atomic E-state index is 13.4. The SMILES string of the molecule is N/C(=C\Nc1ccc(C(=O)NC2COC2)cc1)c1cc2cc(F)ccc2[nH]c1=O. The molecular weight excluding hydrogens is 375 g/mol. The van der Waals surface area contributed by atoms with E-state index in [1.807, 2.05) is 0 Å². The van der Waals surface area contributed by atoms with Crippen LogP contribution in [-0.2, 0) is 4.74 Å². The van der Waals surface area contributed by atoms with E-state index in [-0.39, 0.29) is 28.8 Å². The van der Waals surface area contributed by atoms with Gasteiger partial charge in [0.05, 0.1) is 30.5 Å². The van der Waals surface area contributed by atoms with Crippen LogP contribution in [0.5, 0.6) is 0 Å². The highest BCUT2D eigenvalue weighted by Gasteiger charge is 2.20. The minimum atomic E-state index is -0.398. The first-order valence-corrected chi connectivity index (χ1v) is 9.03. The van der Waals surface area contributed by atoms with Crippen molar-refractivity contribution >= 4 is 28.2 Å². The van der Waals surface area contributed by atoms with Crippen molar-refractivity contribution in [2.45, 2.75) is 6.04 Å². The lowest BCUT2D eigenvalue weighted by Gasteiger charge is -2.26. The van der Waals surface area contributed by atoms with Gasteiger partial charge >= 0.3 is 0 Å². The number of aromatic nitrogens is 1. The molecule has 29 heavy (non-hydrogen) atoms. The highest BCUT2D eigenvalue weighted by molar-refractivity contribution is 5.94. The molecule has 0 atom stereocenters. The third-order valence-corrected chi connectivity index (χ3v) is 4.63. The number of hydrogen-bond acceptors (Lipinski definition) is 5. The van der Waals surface area contributed by atoms with Gasteiger partial charge in [-0.25, -0.2) is 4.39 Å². The predicted octanol–water partition coefficient (Wildman–Crippen LogP) is 2.16. The van der Waals surface area contributed by atoms with Crippen LogP contribution in [0.25, 0.3) is 16.6 Å². The van der Waals surface area contributed by atoms with Gasteiger partial charge in [0.25, 0.3) is 11.5 Å². The zero-order valence-corrected chi connectivity index (χ0v) is 15.4. The molecule has 1 aliphatic rings. The maximum absolute atomic E-state index is 13.4. The predicted molar refractivity (Wildman–Crippen MR) is 109 cm³/mol. The van der Waals surface area contributed by atoms with Gasteiger partial charge in [-0.1, -0.05) is 0 Å². The molecule has 0 bridgehead atoms. The Morgan fingerprint density at radius 2 is 1.93 bits per heavy atom. The number of rotatable bonds is 5. The summed E-state index contributed by atoms with van der Waals surface area (Å²) in [6, 6.07) is 12.6. The van der Waals surface area contributed by atoms with E-state index in [4.69, 9.17) is 10.5 Å². The molecule has 2 aromatic carbocycles. The van der Waals surface area contributed by atoms with Gasteiger partial charge in [0.1, 0.15) is 5.82 Å². The number of carbonyl (C=O) groups is 1. The molecule has 1 saturated heterocycles. The van der Waals surface area contributed by atoms with Crippen LogP contribution in [0.2, 0.25) is 0 Å². The number of pyridine rings is 1. The summed E-state index contributed by atoms with van der Waals surface area (Å²) in [6.45, 7) is 1.08. The lowest BCUT2D eigenvalue weighted by Crippen LogP contribution is -2.48. The van der Waals surface area contributed by atoms with Gasteiger partial charge in [-0.15, -0.1) is 0 Å². The second-order valence-electron chi connectivity index (χ2n) is 6.77. The summed E-state index contributed by atoms with van der Waals surface area (Å²) in [6.07, 6.45) is 1.48. The number of aromatic amines is 1. The van der Waals surface area contributed by atoms with E-state index in [2.05, 4.69) is 15.6 Å². The summed E-state index contributed by atoms with van der Waals surface area (Å²) in [5.41, 5.74) is 7.86. The quantitative estimate of drug-likeness (QED) is 0.530. The number of H-pyrrole nitrogens is 1. The standard InChI is InChI=1S/C21H19FN4O3/c22-14-3-6-19-13(7-14)8-17(21(28)26-19)18(23)9-24-15-4-1-12(2-5-15)20(27)25-16-10-29-11-16/h1-9,16,24H,10-11,23H2,(H,25,27)(H,26,28)/b18-9-. The number of anilines is 1. The minimum absolute atomic E-state index is 0.0663. The average molecular weight is 394 g/mol. The van der Waals surface area contributed by atoms with Crippen molar-refractivity contribution in [1.29, 1.82) is 0 Å². The van der Waals surface area contributed by atoms with Crippen molar-refractivity contribution < 1.29 is 13.9 Å². The zero-order valence-electron chi connectivity index (χ0n) is 15.4. The lowest BCUT2D eigenvalue weighted by molar-refractivity contribution is -0.00346. The van der Waals surface area contributed by atoms with Crippen molar-refractivity contribution in [2.24, 2.45) is 5.73 Å². The molecule has 7 nitrogen and oxygen atoms in total. The van der Waals surface area contributed by atoms with Gasteiger partial charge in [0, 0.05) is 28.4 Å². The highest BCUT2D eigenvalue weighted by Crippen LogP contribution is 2.16. The van der Waals surface area contributed by atoms with Crippen LogP contribution < -0.4 is 21.9 Å². The smallest absolute Gasteiger partial charge is 0.257 e. The van der Waals surface area contributed by atoms with Crippen LogP contribution in [0.4, 0.5) is 10.1 Å². The van der Waals surface area contributed by atoms with Gasteiger partial charge in [0.15, 0.2) is 0 Å². The number of nitrogens with one attached hydrogen (secondary N) is 3. The Morgan fingerprint density at radius 1 is 1.17 bits per heavy atom. The highest BCUT2D eigenvalue weighted by atomic mass is 19.1. The lowest BCUT2D eigenvalue weighted by atomic mass is 10.1. The van der Waals surface area contributed by atoms with E-state index >= 15 is 0 Å². The Balaban J connectivity index is 1.48. The minimum Gasteiger partial charge on any atom is -0.397 e. The van der Waals surface area contributed by atoms with Gasteiger partial charge in [-0.2, -0.15) is 0 Å². The molecule has 1 fully saturated rings. The zero-order chi connectivity index (χ0) is 20.4. The third kappa shape index (κ3) is 4.12. The number of fused-ring (bicyclic) bond motifs is 1. The Morgan fingerprint density at radius 3 is 2.62 bits per heavy atom. The first kappa shape index (κ1) is 18.7. The summed E-state index contributed by atoms with van der Waals surface area (Å²) in [7, 11) is 0. The molecule has 5 N–H and O–H groups in total. The molecule has 0 spiro atoms. The normalized spacial score (nSPS) is 14.4. The molecule has 0 saturated carbocycles. The molecule has 148 valence electrons. The number of amides is 1. The van der Waals surface area contributed by atoms with E-state index in [1.165, 1.54) is 24.4 Å². The fourth-order valence-corrected chi connectivity index (χ4v) is 2.94. The summed E-state index contributed by atoms with van der Waals surface area (Å²) in [5, 5.41) is 6.41. The summed E-state index contributed by atoms with van der Waals surface area (Å²) in [4.78, 5) is 27.0. The molecule has 0 aliphatic carbocycles. The Hall–Kier alpha value is -3.65. The van der Waals surface area contributed by atoms with Crippen molar-refractivity contribution in [2.75, 3.05) is 18.5 Å². The fraction of sp³-hybridized carbons (Fsp3) is 0.143. The van der Waals surface area contributed by atoms with Gasteiger partial charge < -0.3 is 26.1 Å². The van der Waals surface area contributed by atoms with Gasteiger partial charge in [-0.3, -0.25) is 9.59 Å². The topological polar surface area (TPSA) is 109 Å². The van der Waals surface area contributed by atoms with E-state index < -0.39 is 5.82 Å². The third-order valence-electron chi connectivity index (χ3n) is 4.63. The number of benzene rings is 2. The van der Waals surface area contributed by atoms with Gasteiger partial charge in [0.2, 0.25) is 0 Å². The van der Waals surface area contributed by atoms with E-state index in [0.717, 1.165) is 0 Å². The van der Waals surface area contributed by atoms with E-state index in [9.17, 15) is 14.0 Å². The number of ether oxygens (including phenoxy) is 1. The van der Waals surface area contributed by atoms with E-state index in [1.54, 1.807) is 30.3 Å². The number of nitrogens with two attached hydrogens (primary N) is 1. The van der Waals surface area contributed by atoms with Crippen LogP contribution in [-0.4, -0.2) is 30.1 Å². The molecular formula is C21H19FN4O3. The number of carbonyl (C=O) groups excluding carboxylic acids is 1. The summed E-state index contributed by atoms with van der Waals surface area (Å²) in [5.74, 6) is -0.556. The monoisotopic (exact) mass is 394 g/mol. The van der Waals surface area contributed by atoms with Crippen LogP contribution >= 0.6 is 0 Å². The second-order valence-corrected chi connectivity index (χ2v) is 6.77. The fourth-order valence-electron chi connectivity index (χ4n) is 2.94. The van der Waals surface area contributed by atoms with E-state index in [0.29, 0.717) is 35.4 Å². The molecule has 1 amide bonds. The number of halogens is 1. The molecule has 2 heterocycles. The van der Waals surface area contributed by atoms with Crippen molar-refractivity contribution in [3.63, 3.8) is 0 Å². The molecule has 1 aromatic heterocycles. The Labute approximate surface area is 165 Å². The molecule has 0 radical (unpaired) electrons. The molecule has 3 aromatic rings. The average Bonchev–Trinajstić information content (AvgIpc) is 2.69. The van der Waals surface area contributed by atoms with Crippen LogP contribution in [0.1, 0.15) is 15.9 Å². The molecule has 0 unspecified atom stereocenters. The molecule has 4 rings (SSSR count). The Bertz CT molecular complexity index is 1150. The van der Waals surface area contributed by atoms with Gasteiger partial charge in [-0.05, 0) is 48.5 Å². The second kappa shape index (κ2) is 7.76. The first-order chi connectivity index (χ1) is 14.0. The first-order valence-electron chi connectivity index (χ1n) is 9.03. The Kier molecular flexibility index (Phi) is 5.01. The van der Waals surface area contributed by atoms with Crippen molar-refractivity contribution in [1.82, 2.24) is 10.3 Å². The van der Waals surface area contributed by atoms with Crippen molar-refractivity contribution in [3.8, 4) is 0 Å². The molecule has 8 heteroatoms. The number of hydrogen-bond donors (Lipinski definition) is 4. The largest absolute Gasteiger partial charge is 0.397 e. The van der Waals surface area contributed by atoms with Crippen LogP contribution in [0.15, 0.2) is 59.5 Å². The molecule has 1 aliphatic heterocycles.